The molecule has 0 aliphatic carbocycles. The second-order valence-electron chi connectivity index (χ2n) is 15.9. The summed E-state index contributed by atoms with van der Waals surface area (Å²) in [6, 6.07) is 0. The minimum atomic E-state index is -0.0624. The van der Waals surface area contributed by atoms with Crippen LogP contribution in [-0.2, 0) is 19.1 Å². The van der Waals surface area contributed by atoms with E-state index in [1.165, 1.54) is 167 Å². The molecule has 48 heavy (non-hydrogen) atoms. The molecular formula is C44H86O4. The summed E-state index contributed by atoms with van der Waals surface area (Å²) in [5, 5.41) is 0. The van der Waals surface area contributed by atoms with E-state index in [1.54, 1.807) is 0 Å². The zero-order chi connectivity index (χ0) is 35.2. The van der Waals surface area contributed by atoms with E-state index in [1.807, 2.05) is 0 Å². The van der Waals surface area contributed by atoms with Crippen LogP contribution in [0.4, 0.5) is 0 Å². The van der Waals surface area contributed by atoms with Crippen molar-refractivity contribution < 1.29 is 19.1 Å². The first-order chi connectivity index (χ1) is 23.4. The molecule has 0 saturated heterocycles. The Morgan fingerprint density at radius 1 is 0.312 bits per heavy atom. The minimum absolute atomic E-state index is 0.0624. The van der Waals surface area contributed by atoms with Crippen molar-refractivity contribution in [2.75, 3.05) is 13.2 Å². The minimum Gasteiger partial charge on any atom is -0.466 e. The summed E-state index contributed by atoms with van der Waals surface area (Å²) in [5.41, 5.74) is 0. The van der Waals surface area contributed by atoms with Crippen molar-refractivity contribution in [1.29, 1.82) is 0 Å². The number of carbonyl (C=O) groups excluding carboxylic acids is 2. The summed E-state index contributed by atoms with van der Waals surface area (Å²) in [4.78, 5) is 24.0. The number of hydrogen-bond acceptors (Lipinski definition) is 4. The van der Waals surface area contributed by atoms with Crippen molar-refractivity contribution in [3.63, 3.8) is 0 Å². The zero-order valence-corrected chi connectivity index (χ0v) is 33.2. The van der Waals surface area contributed by atoms with Gasteiger partial charge in [-0.2, -0.15) is 0 Å². The number of hydrogen-bond donors (Lipinski definition) is 0. The van der Waals surface area contributed by atoms with Crippen molar-refractivity contribution in [3.8, 4) is 0 Å². The smallest absolute Gasteiger partial charge is 0.305 e. The van der Waals surface area contributed by atoms with Crippen LogP contribution in [0.2, 0.25) is 0 Å². The average Bonchev–Trinajstić information content (AvgIpc) is 3.05. The van der Waals surface area contributed by atoms with E-state index >= 15 is 0 Å². The molecule has 286 valence electrons. The van der Waals surface area contributed by atoms with Crippen LogP contribution >= 0.6 is 0 Å². The maximum absolute atomic E-state index is 12.0. The van der Waals surface area contributed by atoms with Crippen LogP contribution in [0.3, 0.4) is 0 Å². The normalized spacial score (nSPS) is 11.5. The lowest BCUT2D eigenvalue weighted by Gasteiger charge is -2.06. The standard InChI is InChI=1S/C44H86O4/c1-41(2)35-29-23-19-15-11-7-5-9-13-17-21-27-33-39-47-43(45)37-31-25-26-32-38-44(46)48-40-34-28-22-18-14-10-6-8-12-16-20-24-30-36-42(3)4/h41-42H,5-40H2,1-4H3. The first-order valence-electron chi connectivity index (χ1n) is 21.7. The van der Waals surface area contributed by atoms with Gasteiger partial charge in [-0.3, -0.25) is 9.59 Å². The van der Waals surface area contributed by atoms with Gasteiger partial charge in [0.25, 0.3) is 0 Å². The van der Waals surface area contributed by atoms with Crippen LogP contribution in [-0.4, -0.2) is 25.2 Å². The fourth-order valence-electron chi connectivity index (χ4n) is 6.61. The lowest BCUT2D eigenvalue weighted by molar-refractivity contribution is -0.145. The fourth-order valence-corrected chi connectivity index (χ4v) is 6.61. The second-order valence-corrected chi connectivity index (χ2v) is 15.9. The summed E-state index contributed by atoms with van der Waals surface area (Å²) >= 11 is 0. The van der Waals surface area contributed by atoms with Crippen molar-refractivity contribution in [1.82, 2.24) is 0 Å². The molecule has 0 aromatic rings. The molecule has 0 fully saturated rings. The lowest BCUT2D eigenvalue weighted by atomic mass is 10.0. The average molecular weight is 679 g/mol. The highest BCUT2D eigenvalue weighted by molar-refractivity contribution is 5.69. The molecule has 0 spiro atoms. The SMILES string of the molecule is CC(C)CCCCCCCCCCCCCCCOC(=O)CCCCCCC(=O)OCCCCCCCCCCCCCCCC(C)C. The summed E-state index contributed by atoms with van der Waals surface area (Å²) in [7, 11) is 0. The predicted molar refractivity (Wildman–Crippen MR) is 209 cm³/mol. The van der Waals surface area contributed by atoms with E-state index in [0.717, 1.165) is 50.4 Å². The van der Waals surface area contributed by atoms with Crippen molar-refractivity contribution in [2.45, 2.75) is 246 Å². The number of rotatable bonds is 39. The predicted octanol–water partition coefficient (Wildman–Crippen LogP) is 14.6. The fraction of sp³-hybridized carbons (Fsp3) is 0.955. The maximum Gasteiger partial charge on any atom is 0.305 e. The molecule has 0 saturated carbocycles. The molecule has 0 N–H and O–H groups in total. The van der Waals surface area contributed by atoms with E-state index in [9.17, 15) is 9.59 Å². The third-order valence-corrected chi connectivity index (χ3v) is 9.89. The van der Waals surface area contributed by atoms with Crippen LogP contribution in [0.5, 0.6) is 0 Å². The molecule has 4 heteroatoms. The van der Waals surface area contributed by atoms with Gasteiger partial charge in [-0.25, -0.2) is 0 Å². The van der Waals surface area contributed by atoms with Gasteiger partial charge in [-0.15, -0.1) is 0 Å². The monoisotopic (exact) mass is 679 g/mol. The van der Waals surface area contributed by atoms with Crippen LogP contribution in [0.25, 0.3) is 0 Å². The van der Waals surface area contributed by atoms with Crippen LogP contribution in [0.15, 0.2) is 0 Å². The second kappa shape index (κ2) is 38.7. The number of esters is 2. The molecule has 0 heterocycles. The molecule has 0 aromatic carbocycles. The zero-order valence-electron chi connectivity index (χ0n) is 33.2. The molecule has 4 nitrogen and oxygen atoms in total. The molecule has 0 aromatic heterocycles. The van der Waals surface area contributed by atoms with E-state index in [0.29, 0.717) is 26.1 Å². The van der Waals surface area contributed by atoms with Crippen molar-refractivity contribution in [2.24, 2.45) is 11.8 Å². The Bertz CT molecular complexity index is 602. The topological polar surface area (TPSA) is 52.6 Å². The van der Waals surface area contributed by atoms with Gasteiger partial charge >= 0.3 is 11.9 Å². The highest BCUT2D eigenvalue weighted by Crippen LogP contribution is 2.16. The highest BCUT2D eigenvalue weighted by Gasteiger charge is 2.05. The van der Waals surface area contributed by atoms with Gasteiger partial charge in [0.05, 0.1) is 13.2 Å². The Labute approximate surface area is 301 Å². The highest BCUT2D eigenvalue weighted by atomic mass is 16.5. The molecule has 0 bridgehead atoms. The maximum atomic E-state index is 12.0. The molecular weight excluding hydrogens is 592 g/mol. The molecule has 0 aliphatic heterocycles. The molecule has 0 unspecified atom stereocenters. The van der Waals surface area contributed by atoms with Crippen molar-refractivity contribution in [3.05, 3.63) is 0 Å². The first kappa shape index (κ1) is 46.9. The van der Waals surface area contributed by atoms with E-state index in [2.05, 4.69) is 27.7 Å². The van der Waals surface area contributed by atoms with Gasteiger partial charge in [0.2, 0.25) is 0 Å². The van der Waals surface area contributed by atoms with Crippen LogP contribution < -0.4 is 0 Å². The van der Waals surface area contributed by atoms with E-state index < -0.39 is 0 Å². The third-order valence-electron chi connectivity index (χ3n) is 9.89. The number of unbranched alkanes of at least 4 members (excludes halogenated alkanes) is 27. The molecule has 0 aliphatic rings. The molecule has 0 amide bonds. The van der Waals surface area contributed by atoms with Crippen LogP contribution in [0, 0.1) is 11.8 Å². The van der Waals surface area contributed by atoms with Gasteiger partial charge in [-0.05, 0) is 37.5 Å². The van der Waals surface area contributed by atoms with Crippen LogP contribution in [0.1, 0.15) is 246 Å². The number of ether oxygens (including phenoxy) is 2. The summed E-state index contributed by atoms with van der Waals surface area (Å²) in [5.74, 6) is 1.60. The molecule has 0 rings (SSSR count). The quantitative estimate of drug-likeness (QED) is 0.0479. The Hall–Kier alpha value is -1.06. The summed E-state index contributed by atoms with van der Waals surface area (Å²) < 4.78 is 10.8. The van der Waals surface area contributed by atoms with Gasteiger partial charge in [0, 0.05) is 12.8 Å². The Morgan fingerprint density at radius 2 is 0.521 bits per heavy atom. The first-order valence-corrected chi connectivity index (χ1v) is 21.7. The summed E-state index contributed by atoms with van der Waals surface area (Å²) in [6.07, 6.45) is 42.2. The third kappa shape index (κ3) is 41.1. The Kier molecular flexibility index (Phi) is 37.9. The van der Waals surface area contributed by atoms with Gasteiger partial charge in [-0.1, -0.05) is 207 Å². The largest absolute Gasteiger partial charge is 0.466 e. The molecule has 0 atom stereocenters. The van der Waals surface area contributed by atoms with E-state index in [-0.39, 0.29) is 11.9 Å². The summed E-state index contributed by atoms with van der Waals surface area (Å²) in [6.45, 7) is 10.4. The molecule has 0 radical (unpaired) electrons. The lowest BCUT2D eigenvalue weighted by Crippen LogP contribution is -2.06. The van der Waals surface area contributed by atoms with E-state index in [4.69, 9.17) is 9.47 Å². The van der Waals surface area contributed by atoms with Gasteiger partial charge in [0.1, 0.15) is 0 Å². The van der Waals surface area contributed by atoms with Crippen molar-refractivity contribution >= 4 is 11.9 Å². The number of carbonyl (C=O) groups is 2. The Balaban J connectivity index is 3.25. The Morgan fingerprint density at radius 3 is 0.771 bits per heavy atom. The van der Waals surface area contributed by atoms with Gasteiger partial charge < -0.3 is 9.47 Å². The van der Waals surface area contributed by atoms with Gasteiger partial charge in [0.15, 0.2) is 0 Å².